The Morgan fingerprint density at radius 3 is 2.69 bits per heavy atom. The molecule has 4 aromatic rings. The van der Waals surface area contributed by atoms with Gasteiger partial charge >= 0.3 is 6.09 Å². The van der Waals surface area contributed by atoms with E-state index in [-0.39, 0.29) is 18.0 Å². The molecule has 0 radical (unpaired) electrons. The summed E-state index contributed by atoms with van der Waals surface area (Å²) in [6.07, 6.45) is 10.3. The fraction of sp³-hybridized carbons (Fsp3) is 0.455. The number of amides is 2. The predicted molar refractivity (Wildman–Crippen MR) is 160 cm³/mol. The molecule has 5 heterocycles. The zero-order chi connectivity index (χ0) is 29.2. The number of benzene rings is 1. The fourth-order valence-electron chi connectivity index (χ4n) is 6.41. The monoisotopic (exact) mass is 566 g/mol. The lowest BCUT2D eigenvalue weighted by Gasteiger charge is -2.34. The minimum absolute atomic E-state index is 0.0388. The summed E-state index contributed by atoms with van der Waals surface area (Å²) in [5.41, 5.74) is 7.52. The molecule has 1 N–H and O–H groups in total. The van der Waals surface area contributed by atoms with Gasteiger partial charge in [0.2, 0.25) is 0 Å². The molecule has 3 aliphatic rings. The van der Waals surface area contributed by atoms with Crippen LogP contribution in [0.1, 0.15) is 91.3 Å². The number of hydrogen-bond acceptors (Lipinski definition) is 5. The third-order valence-corrected chi connectivity index (χ3v) is 8.72. The van der Waals surface area contributed by atoms with Crippen molar-refractivity contribution < 1.29 is 14.3 Å². The highest BCUT2D eigenvalue weighted by Gasteiger charge is 2.37. The number of aryl methyl sites for hydroxylation is 1. The summed E-state index contributed by atoms with van der Waals surface area (Å²) in [4.78, 5) is 38.7. The van der Waals surface area contributed by atoms with Gasteiger partial charge in [0.1, 0.15) is 16.9 Å². The van der Waals surface area contributed by atoms with E-state index in [9.17, 15) is 9.59 Å². The van der Waals surface area contributed by atoms with Crippen molar-refractivity contribution >= 4 is 23.0 Å². The molecule has 1 aromatic carbocycles. The molecule has 1 unspecified atom stereocenters. The number of carbonyl (C=O) groups is 2. The molecule has 1 saturated heterocycles. The summed E-state index contributed by atoms with van der Waals surface area (Å²) >= 11 is 0. The summed E-state index contributed by atoms with van der Waals surface area (Å²) in [5, 5.41) is 5.70. The maximum Gasteiger partial charge on any atom is 0.410 e. The van der Waals surface area contributed by atoms with Crippen molar-refractivity contribution in [2.75, 3.05) is 13.1 Å². The van der Waals surface area contributed by atoms with Crippen molar-refractivity contribution in [1.82, 2.24) is 29.5 Å². The van der Waals surface area contributed by atoms with E-state index >= 15 is 0 Å². The van der Waals surface area contributed by atoms with Gasteiger partial charge in [-0.25, -0.2) is 9.78 Å². The Morgan fingerprint density at radius 1 is 1.07 bits per heavy atom. The molecule has 0 spiro atoms. The minimum atomic E-state index is -0.575. The van der Waals surface area contributed by atoms with Crippen molar-refractivity contribution in [3.8, 4) is 11.1 Å². The van der Waals surface area contributed by atoms with Crippen LogP contribution in [0.3, 0.4) is 0 Å². The summed E-state index contributed by atoms with van der Waals surface area (Å²) < 4.78 is 7.75. The van der Waals surface area contributed by atoms with Gasteiger partial charge in [0.15, 0.2) is 0 Å². The third kappa shape index (κ3) is 4.95. The summed E-state index contributed by atoms with van der Waals surface area (Å²) in [5.74, 6) is -0.0388. The first-order valence-corrected chi connectivity index (χ1v) is 15.1. The number of carbonyl (C=O) groups excluding carboxylic acids is 2. The lowest BCUT2D eigenvalue weighted by molar-refractivity contribution is 0.0222. The standard InChI is InChI=1S/C33H38N6O3/c1-20-17-34-30-25(20)16-23(18-35-30)22-14-21-9-12-37(31(40)28-10-13-39(36-28)24-7-8-24)19-27(21)26(15-22)29-6-5-11-38(29)32(41)42-33(2,3)4/h10,13-18,24,29H,5-9,11-12,19H2,1-4H3,(H,34,35). The van der Waals surface area contributed by atoms with Gasteiger partial charge in [-0.3, -0.25) is 9.48 Å². The molecule has 0 bridgehead atoms. The molecule has 9 nitrogen and oxygen atoms in total. The third-order valence-electron chi connectivity index (χ3n) is 8.72. The Balaban J connectivity index is 1.27. The minimum Gasteiger partial charge on any atom is -0.444 e. The molecule has 218 valence electrons. The normalized spacial score (nSPS) is 18.9. The summed E-state index contributed by atoms with van der Waals surface area (Å²) in [6, 6.07) is 8.81. The first-order valence-electron chi connectivity index (χ1n) is 15.1. The Hall–Kier alpha value is -4.14. The van der Waals surface area contributed by atoms with Gasteiger partial charge in [0.25, 0.3) is 5.91 Å². The second kappa shape index (κ2) is 10.00. The molecule has 3 aromatic heterocycles. The van der Waals surface area contributed by atoms with Crippen LogP contribution in [0.15, 0.2) is 42.9 Å². The van der Waals surface area contributed by atoms with E-state index in [4.69, 9.17) is 4.74 Å². The smallest absolute Gasteiger partial charge is 0.410 e. The van der Waals surface area contributed by atoms with Crippen LogP contribution in [0.2, 0.25) is 0 Å². The summed E-state index contributed by atoms with van der Waals surface area (Å²) in [6.45, 7) is 9.55. The second-order valence-corrected chi connectivity index (χ2v) is 13.0. The van der Waals surface area contributed by atoms with Gasteiger partial charge in [0, 0.05) is 49.2 Å². The predicted octanol–water partition coefficient (Wildman–Crippen LogP) is 6.34. The number of hydrogen-bond donors (Lipinski definition) is 1. The number of nitrogens with one attached hydrogen (secondary N) is 1. The number of fused-ring (bicyclic) bond motifs is 2. The molecule has 2 amide bonds. The van der Waals surface area contributed by atoms with E-state index in [1.807, 2.05) is 59.9 Å². The van der Waals surface area contributed by atoms with Crippen molar-refractivity contribution in [2.45, 2.75) is 84.0 Å². The Bertz CT molecular complexity index is 1690. The SMILES string of the molecule is Cc1c[nH]c2ncc(-c3cc4c(c(C5CCCN5C(=O)OC(C)(C)C)c3)CN(C(=O)c3ccn(C5CC5)n3)CC4)cc12. The number of H-pyrrole nitrogens is 1. The van der Waals surface area contributed by atoms with Gasteiger partial charge < -0.3 is 19.5 Å². The number of likely N-dealkylation sites (tertiary alicyclic amines) is 1. The maximum atomic E-state index is 13.6. The average Bonchev–Trinajstić information content (AvgIpc) is 3.33. The van der Waals surface area contributed by atoms with Crippen LogP contribution < -0.4 is 0 Å². The fourth-order valence-corrected chi connectivity index (χ4v) is 6.41. The van der Waals surface area contributed by atoms with Crippen molar-refractivity contribution in [1.29, 1.82) is 0 Å². The van der Waals surface area contributed by atoms with E-state index in [0.29, 0.717) is 31.4 Å². The lowest BCUT2D eigenvalue weighted by Crippen LogP contribution is -2.39. The van der Waals surface area contributed by atoms with E-state index in [2.05, 4.69) is 40.2 Å². The first-order chi connectivity index (χ1) is 20.1. The lowest BCUT2D eigenvalue weighted by atomic mass is 9.86. The highest BCUT2D eigenvalue weighted by Crippen LogP contribution is 2.41. The van der Waals surface area contributed by atoms with E-state index in [1.54, 1.807) is 0 Å². The Morgan fingerprint density at radius 2 is 1.90 bits per heavy atom. The quantitative estimate of drug-likeness (QED) is 0.311. The van der Waals surface area contributed by atoms with Gasteiger partial charge in [-0.05, 0) is 106 Å². The van der Waals surface area contributed by atoms with Gasteiger partial charge in [-0.1, -0.05) is 6.07 Å². The highest BCUT2D eigenvalue weighted by molar-refractivity contribution is 5.92. The van der Waals surface area contributed by atoms with Gasteiger partial charge in [0.05, 0.1) is 12.1 Å². The van der Waals surface area contributed by atoms with Crippen molar-refractivity contribution in [2.24, 2.45) is 0 Å². The molecular weight excluding hydrogens is 528 g/mol. The number of ether oxygens (including phenoxy) is 1. The van der Waals surface area contributed by atoms with E-state index < -0.39 is 5.60 Å². The maximum absolute atomic E-state index is 13.6. The van der Waals surface area contributed by atoms with Crippen LogP contribution >= 0.6 is 0 Å². The average molecular weight is 567 g/mol. The molecule has 1 saturated carbocycles. The van der Waals surface area contributed by atoms with E-state index in [0.717, 1.165) is 71.0 Å². The van der Waals surface area contributed by atoms with Gasteiger partial charge in [-0.15, -0.1) is 0 Å². The molecule has 7 rings (SSSR count). The Labute approximate surface area is 245 Å². The van der Waals surface area contributed by atoms with Crippen molar-refractivity contribution in [3.63, 3.8) is 0 Å². The zero-order valence-corrected chi connectivity index (χ0v) is 24.8. The van der Waals surface area contributed by atoms with Crippen LogP contribution in [-0.4, -0.2) is 60.2 Å². The summed E-state index contributed by atoms with van der Waals surface area (Å²) in [7, 11) is 0. The molecule has 2 aliphatic heterocycles. The first kappa shape index (κ1) is 26.7. The molecule has 1 atom stereocenters. The second-order valence-electron chi connectivity index (χ2n) is 13.0. The number of nitrogens with zero attached hydrogens (tertiary/aromatic N) is 5. The van der Waals surface area contributed by atoms with Crippen LogP contribution in [-0.2, 0) is 17.7 Å². The van der Waals surface area contributed by atoms with E-state index in [1.165, 1.54) is 5.56 Å². The number of rotatable bonds is 4. The van der Waals surface area contributed by atoms with Crippen LogP contribution in [0.4, 0.5) is 4.79 Å². The molecule has 9 heteroatoms. The number of aromatic amines is 1. The zero-order valence-electron chi connectivity index (χ0n) is 24.8. The number of aromatic nitrogens is 4. The van der Waals surface area contributed by atoms with Crippen LogP contribution in [0.5, 0.6) is 0 Å². The van der Waals surface area contributed by atoms with Gasteiger partial charge in [-0.2, -0.15) is 5.10 Å². The topological polar surface area (TPSA) is 96.4 Å². The largest absolute Gasteiger partial charge is 0.444 e. The van der Waals surface area contributed by atoms with Crippen molar-refractivity contribution in [3.05, 3.63) is 70.8 Å². The molecule has 2 fully saturated rings. The molecule has 42 heavy (non-hydrogen) atoms. The Kier molecular flexibility index (Phi) is 6.36. The molecular formula is C33H38N6O3. The highest BCUT2D eigenvalue weighted by atomic mass is 16.6. The van der Waals surface area contributed by atoms with Crippen LogP contribution in [0, 0.1) is 6.92 Å². The molecule has 1 aliphatic carbocycles. The number of pyridine rings is 1. The van der Waals surface area contributed by atoms with Crippen LogP contribution in [0.25, 0.3) is 22.2 Å².